The van der Waals surface area contributed by atoms with Crippen molar-refractivity contribution in [3.63, 3.8) is 0 Å². The van der Waals surface area contributed by atoms with Gasteiger partial charge in [0.2, 0.25) is 17.7 Å². The number of carbonyl (C=O) groups is 1. The second kappa shape index (κ2) is 12.0. The van der Waals surface area contributed by atoms with Crippen molar-refractivity contribution in [2.75, 3.05) is 30.3 Å². The van der Waals surface area contributed by atoms with E-state index in [0.29, 0.717) is 53.8 Å². The van der Waals surface area contributed by atoms with Crippen molar-refractivity contribution in [3.05, 3.63) is 82.4 Å². The van der Waals surface area contributed by atoms with Crippen molar-refractivity contribution in [1.82, 2.24) is 30.0 Å². The Hall–Kier alpha value is -4.55. The summed E-state index contributed by atoms with van der Waals surface area (Å²) in [4.78, 5) is 33.7. The molecule has 1 fully saturated rings. The molecule has 2 aliphatic rings. The van der Waals surface area contributed by atoms with Gasteiger partial charge < -0.3 is 24.8 Å². The highest BCUT2D eigenvalue weighted by molar-refractivity contribution is 7.13. The third-order valence-corrected chi connectivity index (χ3v) is 8.68. The van der Waals surface area contributed by atoms with Crippen molar-refractivity contribution in [3.8, 4) is 16.5 Å². The molecule has 0 radical (unpaired) electrons. The van der Waals surface area contributed by atoms with E-state index in [2.05, 4.69) is 35.7 Å². The van der Waals surface area contributed by atoms with Crippen LogP contribution in [0.4, 0.5) is 23.1 Å². The molecule has 218 valence electrons. The Morgan fingerprint density at radius 1 is 1.07 bits per heavy atom. The molecule has 0 saturated carbocycles. The summed E-state index contributed by atoms with van der Waals surface area (Å²) in [5.74, 6) is 2.88. The van der Waals surface area contributed by atoms with E-state index in [4.69, 9.17) is 20.9 Å². The smallest absolute Gasteiger partial charge is 0.260 e. The highest BCUT2D eigenvalue weighted by atomic mass is 35.5. The van der Waals surface area contributed by atoms with Crippen molar-refractivity contribution < 1.29 is 14.1 Å². The Morgan fingerprint density at radius 3 is 2.84 bits per heavy atom. The van der Waals surface area contributed by atoms with Crippen LogP contribution < -0.4 is 15.4 Å². The van der Waals surface area contributed by atoms with Gasteiger partial charge in [-0.05, 0) is 72.5 Å². The number of hydrogen-bond acceptors (Lipinski definition) is 11. The molecule has 0 spiro atoms. The molecule has 0 unspecified atom stereocenters. The largest absolute Gasteiger partial charge is 0.483 e. The molecule has 4 aromatic heterocycles. The number of fused-ring (bicyclic) bond motifs is 6. The highest BCUT2D eigenvalue weighted by Crippen LogP contribution is 2.32. The lowest BCUT2D eigenvalue weighted by Crippen LogP contribution is -2.40. The third kappa shape index (κ3) is 6.15. The zero-order valence-electron chi connectivity index (χ0n) is 23.0. The van der Waals surface area contributed by atoms with E-state index in [1.54, 1.807) is 23.7 Å². The number of nitrogens with zero attached hydrogens (tertiary/aromatic N) is 6. The average Bonchev–Trinajstić information content (AvgIpc) is 3.74. The van der Waals surface area contributed by atoms with Gasteiger partial charge in [0.05, 0.1) is 23.0 Å². The quantitative estimate of drug-likeness (QED) is 0.243. The predicted octanol–water partition coefficient (Wildman–Crippen LogP) is 6.01. The molecular weight excluding hydrogens is 588 g/mol. The monoisotopic (exact) mass is 614 g/mol. The Bertz CT molecular complexity index is 1750. The fourth-order valence-electron chi connectivity index (χ4n) is 5.26. The summed E-state index contributed by atoms with van der Waals surface area (Å²) in [7, 11) is 0. The van der Waals surface area contributed by atoms with Crippen LogP contribution in [0.3, 0.4) is 0 Å². The third-order valence-electron chi connectivity index (χ3n) is 7.53. The minimum absolute atomic E-state index is 0.0460. The van der Waals surface area contributed by atoms with Gasteiger partial charge >= 0.3 is 0 Å². The lowest BCUT2D eigenvalue weighted by molar-refractivity contribution is -0.134. The minimum Gasteiger partial charge on any atom is -0.483 e. The Kier molecular flexibility index (Phi) is 7.60. The zero-order chi connectivity index (χ0) is 29.2. The molecular formula is C30H27ClN8O3S. The van der Waals surface area contributed by atoms with Crippen LogP contribution in [0.25, 0.3) is 10.7 Å². The van der Waals surface area contributed by atoms with Gasteiger partial charge in [-0.3, -0.25) is 9.78 Å². The summed E-state index contributed by atoms with van der Waals surface area (Å²) in [5, 5.41) is 13.0. The molecule has 1 saturated heterocycles. The number of carbonyl (C=O) groups excluding carboxylic acids is 1. The number of rotatable bonds is 5. The summed E-state index contributed by atoms with van der Waals surface area (Å²) >= 11 is 7.96. The number of hydrogen-bond donors (Lipinski definition) is 2. The lowest BCUT2D eigenvalue weighted by atomic mass is 9.97. The molecule has 6 heterocycles. The molecule has 11 nitrogen and oxygen atoms in total. The van der Waals surface area contributed by atoms with Gasteiger partial charge in [-0.2, -0.15) is 9.97 Å². The molecule has 13 heteroatoms. The summed E-state index contributed by atoms with van der Waals surface area (Å²) in [6.07, 6.45) is 8.05. The van der Waals surface area contributed by atoms with E-state index in [1.165, 1.54) is 0 Å². The molecule has 2 aliphatic heterocycles. The first kappa shape index (κ1) is 27.3. The number of aromatic nitrogens is 5. The van der Waals surface area contributed by atoms with E-state index in [1.807, 2.05) is 52.9 Å². The fourth-order valence-corrected chi connectivity index (χ4v) is 6.05. The number of thiophene rings is 1. The van der Waals surface area contributed by atoms with Crippen LogP contribution in [0.1, 0.15) is 35.8 Å². The average molecular weight is 615 g/mol. The van der Waals surface area contributed by atoms with E-state index >= 15 is 0 Å². The number of piperidine rings is 1. The number of aryl methyl sites for hydroxylation is 2. The van der Waals surface area contributed by atoms with E-state index in [-0.39, 0.29) is 18.4 Å². The SMILES string of the molecule is O=C(COc1ccc2cc1CCc1cncc(c1)Nc1ncc(Cl)c(n1)N2)N1CCC(c2nc(-c3cccs3)no2)CC1. The molecule has 0 aliphatic carbocycles. The lowest BCUT2D eigenvalue weighted by Gasteiger charge is -2.30. The molecule has 6 bridgehead atoms. The molecule has 43 heavy (non-hydrogen) atoms. The number of ether oxygens (including phenoxy) is 1. The molecule has 5 aromatic rings. The van der Waals surface area contributed by atoms with Gasteiger partial charge in [-0.25, -0.2) is 4.98 Å². The van der Waals surface area contributed by atoms with Crippen LogP contribution in [0.5, 0.6) is 5.75 Å². The van der Waals surface area contributed by atoms with Crippen molar-refractivity contribution in [1.29, 1.82) is 0 Å². The maximum Gasteiger partial charge on any atom is 0.260 e. The van der Waals surface area contributed by atoms with Crippen molar-refractivity contribution >= 4 is 52.0 Å². The summed E-state index contributed by atoms with van der Waals surface area (Å²) in [5.41, 5.74) is 3.59. The minimum atomic E-state index is -0.0504. The number of anilines is 4. The predicted molar refractivity (Wildman–Crippen MR) is 163 cm³/mol. The maximum absolute atomic E-state index is 13.1. The molecule has 0 atom stereocenters. The van der Waals surface area contributed by atoms with Gasteiger partial charge in [-0.1, -0.05) is 22.8 Å². The zero-order valence-corrected chi connectivity index (χ0v) is 24.6. The molecule has 7 rings (SSSR count). The fraction of sp³-hybridized carbons (Fsp3) is 0.267. The van der Waals surface area contributed by atoms with Crippen LogP contribution in [-0.2, 0) is 17.6 Å². The van der Waals surface area contributed by atoms with Gasteiger partial charge in [0.15, 0.2) is 12.4 Å². The van der Waals surface area contributed by atoms with Crippen LogP contribution in [-0.4, -0.2) is 55.6 Å². The number of likely N-dealkylation sites (tertiary alicyclic amines) is 1. The van der Waals surface area contributed by atoms with E-state index < -0.39 is 0 Å². The number of benzene rings is 1. The van der Waals surface area contributed by atoms with Gasteiger partial charge in [0, 0.05) is 30.9 Å². The maximum atomic E-state index is 13.1. The Morgan fingerprint density at radius 2 is 1.98 bits per heavy atom. The number of amides is 1. The second-order valence-corrected chi connectivity index (χ2v) is 11.8. The van der Waals surface area contributed by atoms with Crippen LogP contribution in [0.15, 0.2) is 64.9 Å². The molecule has 2 N–H and O–H groups in total. The number of nitrogens with one attached hydrogen (secondary N) is 2. The summed E-state index contributed by atoms with van der Waals surface area (Å²) in [6, 6.07) is 11.7. The van der Waals surface area contributed by atoms with E-state index in [0.717, 1.165) is 46.6 Å². The summed E-state index contributed by atoms with van der Waals surface area (Å²) < 4.78 is 11.7. The van der Waals surface area contributed by atoms with Crippen LogP contribution >= 0.6 is 22.9 Å². The normalized spacial score (nSPS) is 15.0. The van der Waals surface area contributed by atoms with Crippen molar-refractivity contribution in [2.45, 2.75) is 31.6 Å². The van der Waals surface area contributed by atoms with Crippen molar-refractivity contribution in [2.24, 2.45) is 0 Å². The topological polar surface area (TPSA) is 131 Å². The standard InChI is InChI=1S/C30H27ClN8O3S/c31-23-16-33-30-35-22-12-18(14-32-15-22)3-4-20-13-21(34-27(23)37-30)5-6-24(20)41-17-26(40)39-9-7-19(8-10-39)29-36-28(38-42-29)25-2-1-11-43-25/h1-2,5-6,11-16,19H,3-4,7-10,17H2,(H2,33,34,35,37). The Balaban J connectivity index is 1.02. The number of pyridine rings is 1. The van der Waals surface area contributed by atoms with E-state index in [9.17, 15) is 4.79 Å². The van der Waals surface area contributed by atoms with Gasteiger partial charge in [-0.15, -0.1) is 11.3 Å². The first-order valence-corrected chi connectivity index (χ1v) is 15.2. The van der Waals surface area contributed by atoms with Gasteiger partial charge in [0.25, 0.3) is 5.91 Å². The second-order valence-electron chi connectivity index (χ2n) is 10.4. The van der Waals surface area contributed by atoms with Crippen LogP contribution in [0.2, 0.25) is 5.02 Å². The Labute approximate surface area is 256 Å². The first-order valence-electron chi connectivity index (χ1n) is 14.0. The number of halogens is 1. The van der Waals surface area contributed by atoms with Gasteiger partial charge in [0.1, 0.15) is 10.8 Å². The summed E-state index contributed by atoms with van der Waals surface area (Å²) in [6.45, 7) is 1.17. The first-order chi connectivity index (χ1) is 21.1. The van der Waals surface area contributed by atoms with Crippen LogP contribution in [0, 0.1) is 0 Å². The molecule has 1 aromatic carbocycles. The molecule has 1 amide bonds. The highest BCUT2D eigenvalue weighted by Gasteiger charge is 2.28.